The van der Waals surface area contributed by atoms with Crippen LogP contribution in [0.2, 0.25) is 0 Å². The molecule has 0 saturated carbocycles. The maximum Gasteiger partial charge on any atom is 0.270 e. The van der Waals surface area contributed by atoms with Gasteiger partial charge >= 0.3 is 0 Å². The summed E-state index contributed by atoms with van der Waals surface area (Å²) in [6.07, 6.45) is 2.15. The van der Waals surface area contributed by atoms with Gasteiger partial charge in [-0.3, -0.25) is 9.48 Å². The van der Waals surface area contributed by atoms with Gasteiger partial charge in [-0.2, -0.15) is 5.10 Å². The van der Waals surface area contributed by atoms with Gasteiger partial charge in [0, 0.05) is 6.54 Å². The molecule has 1 unspecified atom stereocenters. The van der Waals surface area contributed by atoms with E-state index in [1.54, 1.807) is 4.68 Å². The minimum absolute atomic E-state index is 0.0372. The fourth-order valence-corrected chi connectivity index (χ4v) is 3.50. The molecule has 5 heteroatoms. The second-order valence-electron chi connectivity index (χ2n) is 6.44. The summed E-state index contributed by atoms with van der Waals surface area (Å²) in [6, 6.07) is 12.2. The third-order valence-corrected chi connectivity index (χ3v) is 4.73. The highest BCUT2D eigenvalue weighted by molar-refractivity contribution is 5.93. The molecule has 2 heterocycles. The first kappa shape index (κ1) is 16.7. The molecule has 1 aliphatic heterocycles. The molecule has 1 amide bonds. The number of piperidine rings is 1. The molecule has 5 nitrogen and oxygen atoms in total. The molecule has 0 spiro atoms. The molecule has 0 radical (unpaired) electrons. The number of rotatable bonds is 5. The number of nitrogens with zero attached hydrogens (tertiary/aromatic N) is 2. The largest absolute Gasteiger partial charge is 0.344 e. The minimum atomic E-state index is -0.0372. The highest BCUT2D eigenvalue weighted by Crippen LogP contribution is 2.29. The summed E-state index contributed by atoms with van der Waals surface area (Å²) in [5.74, 6) is 0.418. The third-order valence-electron chi connectivity index (χ3n) is 4.73. The molecule has 2 aromatic rings. The van der Waals surface area contributed by atoms with Gasteiger partial charge in [0.15, 0.2) is 0 Å². The van der Waals surface area contributed by atoms with Crippen LogP contribution in [0.1, 0.15) is 47.6 Å². The van der Waals surface area contributed by atoms with Crippen molar-refractivity contribution in [3.05, 3.63) is 53.3 Å². The first-order valence-electron chi connectivity index (χ1n) is 8.80. The number of aromatic nitrogens is 2. The number of hydrogen-bond donors (Lipinski definition) is 2. The van der Waals surface area contributed by atoms with Crippen molar-refractivity contribution in [2.45, 2.75) is 39.3 Å². The van der Waals surface area contributed by atoms with Crippen molar-refractivity contribution in [3.63, 3.8) is 0 Å². The molecule has 1 aromatic carbocycles. The quantitative estimate of drug-likeness (QED) is 0.888. The highest BCUT2D eigenvalue weighted by atomic mass is 16.2. The van der Waals surface area contributed by atoms with E-state index in [1.165, 1.54) is 5.56 Å². The number of amides is 1. The van der Waals surface area contributed by atoms with E-state index in [2.05, 4.69) is 27.9 Å². The van der Waals surface area contributed by atoms with E-state index in [-0.39, 0.29) is 11.9 Å². The standard InChI is InChI=1S/C19H26N4O/c1-3-23-17(13-14(2)22-23)19(24)21-18(15-7-5-4-6-8-15)16-9-11-20-12-10-16/h4-8,13,16,18,20H,3,9-12H2,1-2H3,(H,21,24). The Morgan fingerprint density at radius 2 is 2.04 bits per heavy atom. The molecule has 1 atom stereocenters. The molecule has 3 rings (SSSR count). The van der Waals surface area contributed by atoms with Crippen LogP contribution in [0.15, 0.2) is 36.4 Å². The highest BCUT2D eigenvalue weighted by Gasteiger charge is 2.27. The lowest BCUT2D eigenvalue weighted by Gasteiger charge is -2.31. The van der Waals surface area contributed by atoms with Crippen LogP contribution in [-0.4, -0.2) is 28.8 Å². The molecule has 24 heavy (non-hydrogen) atoms. The summed E-state index contributed by atoms with van der Waals surface area (Å²) in [7, 11) is 0. The van der Waals surface area contributed by atoms with Gasteiger partial charge in [0.05, 0.1) is 11.7 Å². The summed E-state index contributed by atoms with van der Waals surface area (Å²) in [4.78, 5) is 12.9. The summed E-state index contributed by atoms with van der Waals surface area (Å²) in [5.41, 5.74) is 2.70. The number of nitrogens with one attached hydrogen (secondary N) is 2. The number of benzene rings is 1. The summed E-state index contributed by atoms with van der Waals surface area (Å²) in [6.45, 7) is 6.64. The predicted octanol–water partition coefficient (Wildman–Crippen LogP) is 2.68. The van der Waals surface area contributed by atoms with Crippen LogP contribution in [0, 0.1) is 12.8 Å². The molecule has 0 bridgehead atoms. The predicted molar refractivity (Wildman–Crippen MR) is 94.9 cm³/mol. The van der Waals surface area contributed by atoms with E-state index >= 15 is 0 Å². The first-order valence-corrected chi connectivity index (χ1v) is 8.80. The zero-order chi connectivity index (χ0) is 16.9. The summed E-state index contributed by atoms with van der Waals surface area (Å²) < 4.78 is 1.77. The maximum atomic E-state index is 12.9. The van der Waals surface area contributed by atoms with E-state index in [1.807, 2.05) is 38.1 Å². The molecule has 0 aliphatic carbocycles. The second-order valence-corrected chi connectivity index (χ2v) is 6.44. The average molecular weight is 326 g/mol. The van der Waals surface area contributed by atoms with Crippen molar-refractivity contribution in [1.29, 1.82) is 0 Å². The minimum Gasteiger partial charge on any atom is -0.344 e. The molecule has 1 aromatic heterocycles. The lowest BCUT2D eigenvalue weighted by Crippen LogP contribution is -2.39. The Morgan fingerprint density at radius 3 is 2.71 bits per heavy atom. The van der Waals surface area contributed by atoms with Crippen molar-refractivity contribution in [1.82, 2.24) is 20.4 Å². The van der Waals surface area contributed by atoms with Crippen molar-refractivity contribution in [2.24, 2.45) is 5.92 Å². The molecular weight excluding hydrogens is 300 g/mol. The van der Waals surface area contributed by atoms with E-state index < -0.39 is 0 Å². The van der Waals surface area contributed by atoms with E-state index in [9.17, 15) is 4.79 Å². The molecule has 1 fully saturated rings. The summed E-state index contributed by atoms with van der Waals surface area (Å²) >= 11 is 0. The van der Waals surface area contributed by atoms with Crippen LogP contribution in [0.5, 0.6) is 0 Å². The number of carbonyl (C=O) groups excluding carboxylic acids is 1. The molecular formula is C19H26N4O. The molecule has 2 N–H and O–H groups in total. The fourth-order valence-electron chi connectivity index (χ4n) is 3.50. The van der Waals surface area contributed by atoms with Crippen molar-refractivity contribution in [2.75, 3.05) is 13.1 Å². The first-order chi connectivity index (χ1) is 11.7. The van der Waals surface area contributed by atoms with E-state index in [0.717, 1.165) is 31.6 Å². The Bertz CT molecular complexity index is 674. The monoisotopic (exact) mass is 326 g/mol. The Kier molecular flexibility index (Phi) is 5.30. The average Bonchev–Trinajstić information content (AvgIpc) is 3.02. The topological polar surface area (TPSA) is 59.0 Å². The van der Waals surface area contributed by atoms with Crippen LogP contribution in [0.4, 0.5) is 0 Å². The van der Waals surface area contributed by atoms with Crippen LogP contribution in [0.25, 0.3) is 0 Å². The Balaban J connectivity index is 1.84. The Hall–Kier alpha value is -2.14. The Labute approximate surface area is 143 Å². The zero-order valence-electron chi connectivity index (χ0n) is 14.5. The van der Waals surface area contributed by atoms with Crippen LogP contribution < -0.4 is 10.6 Å². The molecule has 1 aliphatic rings. The lowest BCUT2D eigenvalue weighted by atomic mass is 9.86. The van der Waals surface area contributed by atoms with Gasteiger partial charge in [0.25, 0.3) is 5.91 Å². The van der Waals surface area contributed by atoms with Gasteiger partial charge < -0.3 is 10.6 Å². The number of carbonyl (C=O) groups is 1. The van der Waals surface area contributed by atoms with Crippen LogP contribution in [0.3, 0.4) is 0 Å². The SMILES string of the molecule is CCn1nc(C)cc1C(=O)NC(c1ccccc1)C1CCNCC1. The fraction of sp³-hybridized carbons (Fsp3) is 0.474. The van der Waals surface area contributed by atoms with E-state index in [0.29, 0.717) is 18.2 Å². The van der Waals surface area contributed by atoms with Gasteiger partial charge in [0.2, 0.25) is 0 Å². The number of aryl methyl sites for hydroxylation is 2. The van der Waals surface area contributed by atoms with Gasteiger partial charge in [-0.05, 0) is 57.3 Å². The van der Waals surface area contributed by atoms with Gasteiger partial charge in [0.1, 0.15) is 5.69 Å². The molecule has 1 saturated heterocycles. The van der Waals surface area contributed by atoms with Crippen molar-refractivity contribution >= 4 is 5.91 Å². The smallest absolute Gasteiger partial charge is 0.270 e. The van der Waals surface area contributed by atoms with Gasteiger partial charge in [-0.15, -0.1) is 0 Å². The summed E-state index contributed by atoms with van der Waals surface area (Å²) in [5, 5.41) is 11.1. The number of hydrogen-bond acceptors (Lipinski definition) is 3. The van der Waals surface area contributed by atoms with Gasteiger partial charge in [-0.1, -0.05) is 30.3 Å². The van der Waals surface area contributed by atoms with Crippen LogP contribution >= 0.6 is 0 Å². The Morgan fingerprint density at radius 1 is 1.33 bits per heavy atom. The normalized spacial score (nSPS) is 16.8. The molecule has 128 valence electrons. The maximum absolute atomic E-state index is 12.9. The second kappa shape index (κ2) is 7.62. The zero-order valence-corrected chi connectivity index (χ0v) is 14.5. The van der Waals surface area contributed by atoms with Crippen LogP contribution in [-0.2, 0) is 6.54 Å². The third kappa shape index (κ3) is 3.67. The van der Waals surface area contributed by atoms with Crippen molar-refractivity contribution in [3.8, 4) is 0 Å². The van der Waals surface area contributed by atoms with Crippen molar-refractivity contribution < 1.29 is 4.79 Å². The van der Waals surface area contributed by atoms with E-state index in [4.69, 9.17) is 0 Å². The lowest BCUT2D eigenvalue weighted by molar-refractivity contribution is 0.0903. The van der Waals surface area contributed by atoms with Gasteiger partial charge in [-0.25, -0.2) is 0 Å².